The van der Waals surface area contributed by atoms with Crippen LogP contribution < -0.4 is 15.4 Å². The zero-order valence-electron chi connectivity index (χ0n) is 12.7. The van der Waals surface area contributed by atoms with E-state index in [1.54, 1.807) is 30.3 Å². The van der Waals surface area contributed by atoms with Crippen LogP contribution in [0.5, 0.6) is 5.75 Å². The molecule has 0 heterocycles. The van der Waals surface area contributed by atoms with Crippen LogP contribution in [0.4, 0.5) is 14.9 Å². The van der Waals surface area contributed by atoms with Gasteiger partial charge in [-0.05, 0) is 42.3 Å². The fourth-order valence-electron chi connectivity index (χ4n) is 1.88. The van der Waals surface area contributed by atoms with Gasteiger partial charge in [0.1, 0.15) is 11.6 Å². The number of rotatable bonds is 4. The van der Waals surface area contributed by atoms with E-state index in [4.69, 9.17) is 16.3 Å². The normalized spacial score (nSPS) is 10.6. The lowest BCUT2D eigenvalue weighted by Gasteiger charge is -2.12. The van der Waals surface area contributed by atoms with Crippen molar-refractivity contribution in [3.05, 3.63) is 64.6 Å². The van der Waals surface area contributed by atoms with Crippen LogP contribution in [0.3, 0.4) is 0 Å². The van der Waals surface area contributed by atoms with Gasteiger partial charge < -0.3 is 15.4 Å². The monoisotopic (exact) mass is 334 g/mol. The highest BCUT2D eigenvalue weighted by Gasteiger charge is 2.09. The third kappa shape index (κ3) is 4.72. The van der Waals surface area contributed by atoms with Crippen molar-refractivity contribution < 1.29 is 13.9 Å². The van der Waals surface area contributed by atoms with Crippen LogP contribution in [0.2, 0.25) is 5.02 Å². The molecule has 0 fully saturated rings. The number of anilines is 1. The van der Waals surface area contributed by atoms with Gasteiger partial charge in [-0.2, -0.15) is 0 Å². The maximum Gasteiger partial charge on any atom is 0.323 e. The number of nitrogens with one attached hydrogen (secondary N) is 2. The summed E-state index contributed by atoms with van der Waals surface area (Å²) in [6.07, 6.45) is 3.13. The Morgan fingerprint density at radius 3 is 2.61 bits per heavy atom. The molecule has 0 saturated heterocycles. The molecule has 23 heavy (non-hydrogen) atoms. The molecule has 2 rings (SSSR count). The summed E-state index contributed by atoms with van der Waals surface area (Å²) < 4.78 is 18.0. The van der Waals surface area contributed by atoms with E-state index in [2.05, 4.69) is 10.6 Å². The lowest BCUT2D eigenvalue weighted by Crippen LogP contribution is -2.24. The van der Waals surface area contributed by atoms with Gasteiger partial charge in [-0.3, -0.25) is 0 Å². The van der Waals surface area contributed by atoms with E-state index < -0.39 is 6.03 Å². The highest BCUT2D eigenvalue weighted by Crippen LogP contribution is 2.30. The molecule has 120 valence electrons. The summed E-state index contributed by atoms with van der Waals surface area (Å²) >= 11 is 6.02. The van der Waals surface area contributed by atoms with Crippen molar-refractivity contribution in [3.8, 4) is 5.75 Å². The van der Waals surface area contributed by atoms with E-state index >= 15 is 0 Å². The first-order valence-corrected chi connectivity index (χ1v) is 7.21. The van der Waals surface area contributed by atoms with Crippen molar-refractivity contribution in [2.45, 2.75) is 6.92 Å². The van der Waals surface area contributed by atoms with Gasteiger partial charge in [-0.15, -0.1) is 0 Å². The molecule has 0 spiro atoms. The Morgan fingerprint density at radius 1 is 1.26 bits per heavy atom. The van der Waals surface area contributed by atoms with Gasteiger partial charge in [0.15, 0.2) is 0 Å². The second-order valence-electron chi connectivity index (χ2n) is 4.79. The smallest absolute Gasteiger partial charge is 0.323 e. The Labute approximate surface area is 138 Å². The Balaban J connectivity index is 1.99. The Morgan fingerprint density at radius 2 is 1.96 bits per heavy atom. The van der Waals surface area contributed by atoms with E-state index in [-0.39, 0.29) is 5.82 Å². The van der Waals surface area contributed by atoms with Crippen LogP contribution >= 0.6 is 11.6 Å². The van der Waals surface area contributed by atoms with Crippen LogP contribution in [0.25, 0.3) is 6.08 Å². The summed E-state index contributed by atoms with van der Waals surface area (Å²) in [6.45, 7) is 1.83. The first-order valence-electron chi connectivity index (χ1n) is 6.83. The molecule has 0 atom stereocenters. The largest absolute Gasteiger partial charge is 0.495 e. The zero-order chi connectivity index (χ0) is 16.8. The van der Waals surface area contributed by atoms with Crippen molar-refractivity contribution in [2.24, 2.45) is 0 Å². The van der Waals surface area contributed by atoms with E-state index in [1.165, 1.54) is 25.4 Å². The molecule has 0 aliphatic heterocycles. The van der Waals surface area contributed by atoms with Gasteiger partial charge in [0.25, 0.3) is 0 Å². The predicted molar refractivity (Wildman–Crippen MR) is 90.3 cm³/mol. The zero-order valence-corrected chi connectivity index (χ0v) is 13.4. The number of amides is 2. The van der Waals surface area contributed by atoms with Gasteiger partial charge in [-0.25, -0.2) is 9.18 Å². The number of carbonyl (C=O) groups is 1. The van der Waals surface area contributed by atoms with Crippen molar-refractivity contribution in [1.82, 2.24) is 5.32 Å². The third-order valence-electron chi connectivity index (χ3n) is 3.09. The van der Waals surface area contributed by atoms with Crippen LogP contribution in [0.15, 0.2) is 42.6 Å². The molecular formula is C17H16ClFN2O2. The minimum Gasteiger partial charge on any atom is -0.495 e. The number of hydrogen-bond acceptors (Lipinski definition) is 2. The summed E-state index contributed by atoms with van der Waals surface area (Å²) in [5.74, 6) is 0.163. The molecule has 6 heteroatoms. The predicted octanol–water partition coefficient (Wildman–Crippen LogP) is 4.59. The van der Waals surface area contributed by atoms with Crippen molar-refractivity contribution in [1.29, 1.82) is 0 Å². The first kappa shape index (κ1) is 16.8. The molecule has 0 saturated carbocycles. The number of hydrogen-bond donors (Lipinski definition) is 2. The maximum atomic E-state index is 12.8. The summed E-state index contributed by atoms with van der Waals surface area (Å²) in [4.78, 5) is 11.9. The number of carbonyl (C=O) groups excluding carboxylic acids is 1. The number of benzene rings is 2. The molecule has 0 radical (unpaired) electrons. The second-order valence-corrected chi connectivity index (χ2v) is 5.19. The molecular weight excluding hydrogens is 319 g/mol. The maximum absolute atomic E-state index is 12.8. The topological polar surface area (TPSA) is 50.4 Å². The summed E-state index contributed by atoms with van der Waals surface area (Å²) in [7, 11) is 1.50. The van der Waals surface area contributed by atoms with Crippen molar-refractivity contribution in [2.75, 3.05) is 12.4 Å². The van der Waals surface area contributed by atoms with Gasteiger partial charge >= 0.3 is 6.03 Å². The van der Waals surface area contributed by atoms with E-state index in [0.717, 1.165) is 11.1 Å². The molecule has 2 N–H and O–H groups in total. The number of urea groups is 1. The summed E-state index contributed by atoms with van der Waals surface area (Å²) in [6, 6.07) is 8.85. The number of halogens is 2. The molecule has 0 aromatic heterocycles. The number of methoxy groups -OCH3 is 1. The van der Waals surface area contributed by atoms with Gasteiger partial charge in [0.2, 0.25) is 0 Å². The third-order valence-corrected chi connectivity index (χ3v) is 3.50. The fraction of sp³-hybridized carbons (Fsp3) is 0.118. The minimum absolute atomic E-state index is 0.307. The number of ether oxygens (including phenoxy) is 1. The highest BCUT2D eigenvalue weighted by molar-refractivity contribution is 6.31. The lowest BCUT2D eigenvalue weighted by atomic mass is 10.2. The van der Waals surface area contributed by atoms with E-state index in [1.807, 2.05) is 6.92 Å². The van der Waals surface area contributed by atoms with Crippen molar-refractivity contribution in [3.63, 3.8) is 0 Å². The quantitative estimate of drug-likeness (QED) is 0.859. The molecule has 2 amide bonds. The van der Waals surface area contributed by atoms with Crippen LogP contribution in [-0.4, -0.2) is 13.1 Å². The van der Waals surface area contributed by atoms with E-state index in [9.17, 15) is 9.18 Å². The van der Waals surface area contributed by atoms with Crippen molar-refractivity contribution >= 4 is 29.4 Å². The molecule has 0 aliphatic carbocycles. The molecule has 0 unspecified atom stereocenters. The average molecular weight is 335 g/mol. The highest BCUT2D eigenvalue weighted by atomic mass is 35.5. The van der Waals surface area contributed by atoms with Gasteiger partial charge in [0, 0.05) is 17.3 Å². The SMILES string of the molecule is COc1cc(Cl)c(C)cc1NC(=O)N/C=C/c1ccc(F)cc1. The minimum atomic E-state index is -0.427. The first-order chi connectivity index (χ1) is 11.0. The Hall–Kier alpha value is -2.53. The average Bonchev–Trinajstić information content (AvgIpc) is 2.52. The summed E-state index contributed by atoms with van der Waals surface area (Å²) in [5.41, 5.74) is 2.11. The molecule has 2 aromatic rings. The molecule has 2 aromatic carbocycles. The Kier molecular flexibility index (Phi) is 5.60. The molecule has 0 bridgehead atoms. The molecule has 0 aliphatic rings. The standard InChI is InChI=1S/C17H16ClFN2O2/c1-11-9-15(16(23-2)10-14(11)18)21-17(22)20-8-7-12-3-5-13(19)6-4-12/h3-10H,1-2H3,(H2,20,21,22)/b8-7+. The van der Waals surface area contributed by atoms with Crippen LogP contribution in [0, 0.1) is 12.7 Å². The van der Waals surface area contributed by atoms with Crippen LogP contribution in [-0.2, 0) is 0 Å². The van der Waals surface area contributed by atoms with Gasteiger partial charge in [-0.1, -0.05) is 23.7 Å². The van der Waals surface area contributed by atoms with Gasteiger partial charge in [0.05, 0.1) is 12.8 Å². The van der Waals surface area contributed by atoms with E-state index in [0.29, 0.717) is 16.5 Å². The Bertz CT molecular complexity index is 730. The number of aryl methyl sites for hydroxylation is 1. The molecule has 4 nitrogen and oxygen atoms in total. The fourth-order valence-corrected chi connectivity index (χ4v) is 2.03. The second kappa shape index (κ2) is 7.65. The lowest BCUT2D eigenvalue weighted by molar-refractivity contribution is 0.255. The summed E-state index contributed by atoms with van der Waals surface area (Å²) in [5, 5.41) is 5.81. The van der Waals surface area contributed by atoms with Crippen LogP contribution in [0.1, 0.15) is 11.1 Å².